The molecule has 0 radical (unpaired) electrons. The van der Waals surface area contributed by atoms with Crippen molar-refractivity contribution in [1.29, 1.82) is 10.5 Å². The first-order chi connectivity index (χ1) is 8.63. The highest BCUT2D eigenvalue weighted by Crippen LogP contribution is 2.22. The van der Waals surface area contributed by atoms with Crippen LogP contribution in [0, 0.1) is 22.7 Å². The van der Waals surface area contributed by atoms with Gasteiger partial charge in [-0.1, -0.05) is 0 Å². The fourth-order valence-electron chi connectivity index (χ4n) is 1.43. The summed E-state index contributed by atoms with van der Waals surface area (Å²) < 4.78 is 5.06. The molecular weight excluding hydrogens is 232 g/mol. The third-order valence-corrected chi connectivity index (χ3v) is 2.27. The number of anilines is 1. The van der Waals surface area contributed by atoms with Gasteiger partial charge >= 0.3 is 0 Å². The first kappa shape index (κ1) is 13.3. The lowest BCUT2D eigenvalue weighted by Crippen LogP contribution is -2.32. The molecule has 0 atom stereocenters. The normalized spacial score (nSPS) is 9.06. The number of benzene rings is 1. The van der Waals surface area contributed by atoms with Crippen LogP contribution < -0.4 is 10.5 Å². The molecule has 6 heteroatoms. The van der Waals surface area contributed by atoms with E-state index in [4.69, 9.17) is 21.0 Å². The van der Waals surface area contributed by atoms with Crippen LogP contribution in [-0.2, 0) is 0 Å². The Kier molecular flexibility index (Phi) is 4.53. The molecule has 0 bridgehead atoms. The SMILES string of the molecule is COc1cc(N)ccc1C(=O)N(CC#N)CC#N. The number of hydrogen-bond acceptors (Lipinski definition) is 5. The molecule has 0 spiro atoms. The summed E-state index contributed by atoms with van der Waals surface area (Å²) in [7, 11) is 1.42. The number of nitrogens with zero attached hydrogens (tertiary/aromatic N) is 3. The number of hydrogen-bond donors (Lipinski definition) is 1. The summed E-state index contributed by atoms with van der Waals surface area (Å²) in [4.78, 5) is 13.3. The van der Waals surface area contributed by atoms with Crippen LogP contribution in [0.2, 0.25) is 0 Å². The van der Waals surface area contributed by atoms with E-state index in [0.29, 0.717) is 11.4 Å². The summed E-state index contributed by atoms with van der Waals surface area (Å²) in [5.74, 6) is -0.115. The van der Waals surface area contributed by atoms with Crippen molar-refractivity contribution in [3.05, 3.63) is 23.8 Å². The lowest BCUT2D eigenvalue weighted by molar-refractivity contribution is 0.0791. The van der Waals surface area contributed by atoms with Crippen molar-refractivity contribution in [2.45, 2.75) is 0 Å². The summed E-state index contributed by atoms with van der Waals surface area (Å²) in [5, 5.41) is 17.3. The van der Waals surface area contributed by atoms with E-state index in [1.165, 1.54) is 19.2 Å². The Morgan fingerprint density at radius 2 is 2.00 bits per heavy atom. The van der Waals surface area contributed by atoms with Gasteiger partial charge in [-0.25, -0.2) is 0 Å². The Morgan fingerprint density at radius 3 is 2.50 bits per heavy atom. The van der Waals surface area contributed by atoms with Crippen molar-refractivity contribution in [3.63, 3.8) is 0 Å². The third-order valence-electron chi connectivity index (χ3n) is 2.27. The molecule has 0 aliphatic heterocycles. The molecule has 92 valence electrons. The molecule has 0 fully saturated rings. The van der Waals surface area contributed by atoms with Crippen LogP contribution in [0.15, 0.2) is 18.2 Å². The second-order valence-electron chi connectivity index (χ2n) is 3.44. The number of rotatable bonds is 4. The molecule has 2 N–H and O–H groups in total. The van der Waals surface area contributed by atoms with Gasteiger partial charge in [0.2, 0.25) is 0 Å². The van der Waals surface area contributed by atoms with E-state index in [1.807, 2.05) is 12.1 Å². The summed E-state index contributed by atoms with van der Waals surface area (Å²) in [5.41, 5.74) is 6.33. The Morgan fingerprint density at radius 1 is 1.39 bits per heavy atom. The van der Waals surface area contributed by atoms with E-state index in [-0.39, 0.29) is 18.7 Å². The minimum atomic E-state index is -0.435. The second kappa shape index (κ2) is 6.12. The van der Waals surface area contributed by atoms with Crippen molar-refractivity contribution in [1.82, 2.24) is 4.90 Å². The van der Waals surface area contributed by atoms with E-state index < -0.39 is 5.91 Å². The number of carbonyl (C=O) groups excluding carboxylic acids is 1. The van der Waals surface area contributed by atoms with Crippen LogP contribution in [-0.4, -0.2) is 31.0 Å². The van der Waals surface area contributed by atoms with E-state index in [9.17, 15) is 4.79 Å². The Hall–Kier alpha value is -2.73. The van der Waals surface area contributed by atoms with Crippen molar-refractivity contribution < 1.29 is 9.53 Å². The van der Waals surface area contributed by atoms with Crippen molar-refractivity contribution in [2.75, 3.05) is 25.9 Å². The van der Waals surface area contributed by atoms with Gasteiger partial charge in [0.25, 0.3) is 5.91 Å². The van der Waals surface area contributed by atoms with Gasteiger partial charge in [0, 0.05) is 11.8 Å². The van der Waals surface area contributed by atoms with Gasteiger partial charge in [-0.2, -0.15) is 10.5 Å². The third kappa shape index (κ3) is 2.89. The van der Waals surface area contributed by atoms with Crippen LogP contribution in [0.4, 0.5) is 5.69 Å². The maximum atomic E-state index is 12.1. The standard InChI is InChI=1S/C12H12N4O2/c1-18-11-8-9(15)2-3-10(11)12(17)16(6-4-13)7-5-14/h2-3,8H,6-7,15H2,1H3. The molecular formula is C12H12N4O2. The minimum Gasteiger partial charge on any atom is -0.496 e. The van der Waals surface area contributed by atoms with Crippen LogP contribution >= 0.6 is 0 Å². The Labute approximate surface area is 105 Å². The quantitative estimate of drug-likeness (QED) is 0.622. The Bertz CT molecular complexity index is 512. The molecule has 0 aliphatic carbocycles. The second-order valence-corrected chi connectivity index (χ2v) is 3.44. The minimum absolute atomic E-state index is 0.153. The maximum Gasteiger partial charge on any atom is 0.259 e. The van der Waals surface area contributed by atoms with Gasteiger partial charge in [0.05, 0.1) is 24.8 Å². The number of nitriles is 2. The molecule has 18 heavy (non-hydrogen) atoms. The number of carbonyl (C=O) groups is 1. The van der Waals surface area contributed by atoms with Crippen LogP contribution in [0.1, 0.15) is 10.4 Å². The highest BCUT2D eigenvalue weighted by atomic mass is 16.5. The summed E-state index contributed by atoms with van der Waals surface area (Å²) in [6.07, 6.45) is 0. The number of nitrogen functional groups attached to an aromatic ring is 1. The average Bonchev–Trinajstić information content (AvgIpc) is 2.37. The fraction of sp³-hybridized carbons (Fsp3) is 0.250. The monoisotopic (exact) mass is 244 g/mol. The van der Waals surface area contributed by atoms with E-state index >= 15 is 0 Å². The van der Waals surface area contributed by atoms with Gasteiger partial charge in [-0.3, -0.25) is 4.79 Å². The van der Waals surface area contributed by atoms with E-state index in [1.54, 1.807) is 6.07 Å². The van der Waals surface area contributed by atoms with Crippen LogP contribution in [0.3, 0.4) is 0 Å². The van der Waals surface area contributed by atoms with Crippen molar-refractivity contribution in [3.8, 4) is 17.9 Å². The van der Waals surface area contributed by atoms with Gasteiger partial charge < -0.3 is 15.4 Å². The van der Waals surface area contributed by atoms with Crippen LogP contribution in [0.5, 0.6) is 5.75 Å². The summed E-state index contributed by atoms with van der Waals surface area (Å²) in [6.45, 7) is -0.306. The Balaban J connectivity index is 3.09. The number of amides is 1. The molecule has 0 aliphatic rings. The lowest BCUT2D eigenvalue weighted by Gasteiger charge is -2.17. The number of ether oxygens (including phenoxy) is 1. The highest BCUT2D eigenvalue weighted by Gasteiger charge is 2.19. The molecule has 1 rings (SSSR count). The van der Waals surface area contributed by atoms with Gasteiger partial charge in [-0.15, -0.1) is 0 Å². The predicted octanol–water partition coefficient (Wildman–Crippen LogP) is 0.767. The first-order valence-corrected chi connectivity index (χ1v) is 5.10. The molecule has 0 saturated heterocycles. The van der Waals surface area contributed by atoms with Crippen molar-refractivity contribution >= 4 is 11.6 Å². The zero-order valence-corrected chi connectivity index (χ0v) is 9.88. The van der Waals surface area contributed by atoms with Gasteiger partial charge in [0.15, 0.2) is 0 Å². The fourth-order valence-corrected chi connectivity index (χ4v) is 1.43. The molecule has 6 nitrogen and oxygen atoms in total. The molecule has 0 unspecified atom stereocenters. The zero-order valence-electron chi connectivity index (χ0n) is 9.88. The highest BCUT2D eigenvalue weighted by molar-refractivity contribution is 5.97. The largest absolute Gasteiger partial charge is 0.496 e. The number of methoxy groups -OCH3 is 1. The van der Waals surface area contributed by atoms with Crippen molar-refractivity contribution in [2.24, 2.45) is 0 Å². The molecule has 0 aromatic heterocycles. The van der Waals surface area contributed by atoms with E-state index in [0.717, 1.165) is 4.90 Å². The molecule has 1 aromatic rings. The zero-order chi connectivity index (χ0) is 13.5. The first-order valence-electron chi connectivity index (χ1n) is 5.10. The smallest absolute Gasteiger partial charge is 0.259 e. The molecule has 1 amide bonds. The maximum absolute atomic E-state index is 12.1. The van der Waals surface area contributed by atoms with Gasteiger partial charge in [0.1, 0.15) is 18.8 Å². The number of nitrogens with two attached hydrogens (primary N) is 1. The molecule has 1 aromatic carbocycles. The summed E-state index contributed by atoms with van der Waals surface area (Å²) >= 11 is 0. The lowest BCUT2D eigenvalue weighted by atomic mass is 10.1. The van der Waals surface area contributed by atoms with Crippen LogP contribution in [0.25, 0.3) is 0 Å². The van der Waals surface area contributed by atoms with E-state index in [2.05, 4.69) is 0 Å². The predicted molar refractivity (Wildman–Crippen MR) is 64.5 cm³/mol. The van der Waals surface area contributed by atoms with Gasteiger partial charge in [-0.05, 0) is 12.1 Å². The summed E-state index contributed by atoms with van der Waals surface area (Å²) in [6, 6.07) is 8.27. The average molecular weight is 244 g/mol. The molecule has 0 heterocycles. The topological polar surface area (TPSA) is 103 Å². The molecule has 0 saturated carbocycles.